The fourth-order valence-corrected chi connectivity index (χ4v) is 3.24. The lowest BCUT2D eigenvalue weighted by Crippen LogP contribution is -2.45. The van der Waals surface area contributed by atoms with Crippen LogP contribution in [0.15, 0.2) is 23.1 Å². The van der Waals surface area contributed by atoms with E-state index < -0.39 is 16.1 Å². The molecule has 6 nitrogen and oxygen atoms in total. The molecule has 20 heavy (non-hydrogen) atoms. The van der Waals surface area contributed by atoms with Gasteiger partial charge in [-0.15, -0.1) is 0 Å². The number of nitrogens with one attached hydrogen (secondary N) is 2. The first-order valence-electron chi connectivity index (χ1n) is 6.17. The topological polar surface area (TPSA) is 101 Å². The highest BCUT2D eigenvalue weighted by Gasteiger charge is 2.28. The zero-order chi connectivity index (χ0) is 14.9. The predicted molar refractivity (Wildman–Crippen MR) is 76.8 cm³/mol. The summed E-state index contributed by atoms with van der Waals surface area (Å²) in [7, 11) is -3.89. The summed E-state index contributed by atoms with van der Waals surface area (Å²) >= 11 is 5.77. The van der Waals surface area contributed by atoms with Crippen molar-refractivity contribution in [3.05, 3.63) is 23.2 Å². The second-order valence-corrected chi connectivity index (χ2v) is 6.93. The normalized spacial score (nSPS) is 16.7. The van der Waals surface area contributed by atoms with Crippen molar-refractivity contribution in [2.75, 3.05) is 5.73 Å². The number of benzene rings is 1. The van der Waals surface area contributed by atoms with E-state index in [0.29, 0.717) is 0 Å². The molecule has 1 aromatic carbocycles. The Bertz CT molecular complexity index is 629. The molecular formula is C12H16ClN3O3S. The Morgan fingerprint density at radius 2 is 2.10 bits per heavy atom. The van der Waals surface area contributed by atoms with E-state index >= 15 is 0 Å². The molecule has 1 aliphatic carbocycles. The predicted octanol–water partition coefficient (Wildman–Crippen LogP) is 0.868. The van der Waals surface area contributed by atoms with Gasteiger partial charge in [0, 0.05) is 11.1 Å². The molecule has 1 unspecified atom stereocenters. The van der Waals surface area contributed by atoms with Gasteiger partial charge in [0.1, 0.15) is 4.90 Å². The van der Waals surface area contributed by atoms with Gasteiger partial charge in [-0.1, -0.05) is 11.6 Å². The van der Waals surface area contributed by atoms with E-state index in [1.54, 1.807) is 0 Å². The van der Waals surface area contributed by atoms with E-state index in [1.165, 1.54) is 25.1 Å². The highest BCUT2D eigenvalue weighted by atomic mass is 35.5. The first-order valence-corrected chi connectivity index (χ1v) is 8.03. The Hall–Kier alpha value is -1.31. The highest BCUT2D eigenvalue weighted by Crippen LogP contribution is 2.23. The van der Waals surface area contributed by atoms with E-state index in [-0.39, 0.29) is 27.6 Å². The Morgan fingerprint density at radius 1 is 1.45 bits per heavy atom. The molecule has 8 heteroatoms. The molecule has 0 spiro atoms. The molecule has 0 saturated heterocycles. The number of carbonyl (C=O) groups is 1. The van der Waals surface area contributed by atoms with Crippen LogP contribution in [-0.4, -0.2) is 26.4 Å². The average Bonchev–Trinajstić information content (AvgIpc) is 3.15. The van der Waals surface area contributed by atoms with Gasteiger partial charge >= 0.3 is 0 Å². The number of hydrogen-bond acceptors (Lipinski definition) is 4. The van der Waals surface area contributed by atoms with Gasteiger partial charge in [-0.25, -0.2) is 8.42 Å². The molecule has 2 rings (SSSR count). The fourth-order valence-electron chi connectivity index (χ4n) is 1.64. The summed E-state index contributed by atoms with van der Waals surface area (Å²) in [6, 6.07) is 3.46. The number of sulfonamides is 1. The quantitative estimate of drug-likeness (QED) is 0.701. The SMILES string of the molecule is CC(NS(=O)(=O)c1cc(Cl)ccc1N)C(=O)NC1CC1. The maximum absolute atomic E-state index is 12.2. The van der Waals surface area contributed by atoms with E-state index in [0.717, 1.165) is 12.8 Å². The van der Waals surface area contributed by atoms with Crippen LogP contribution in [0.5, 0.6) is 0 Å². The van der Waals surface area contributed by atoms with Gasteiger partial charge in [0.25, 0.3) is 0 Å². The van der Waals surface area contributed by atoms with Crippen molar-refractivity contribution in [2.24, 2.45) is 0 Å². The molecule has 1 fully saturated rings. The second kappa shape index (κ2) is 5.59. The Morgan fingerprint density at radius 3 is 2.70 bits per heavy atom. The number of amides is 1. The molecular weight excluding hydrogens is 302 g/mol. The van der Waals surface area contributed by atoms with Gasteiger partial charge in [-0.3, -0.25) is 4.79 Å². The number of halogens is 1. The number of rotatable bonds is 5. The van der Waals surface area contributed by atoms with Crippen LogP contribution < -0.4 is 15.8 Å². The lowest BCUT2D eigenvalue weighted by atomic mass is 10.3. The summed E-state index contributed by atoms with van der Waals surface area (Å²) in [6.07, 6.45) is 1.87. The molecule has 0 aromatic heterocycles. The van der Waals surface area contributed by atoms with E-state index in [1.807, 2.05) is 0 Å². The molecule has 1 saturated carbocycles. The van der Waals surface area contributed by atoms with Gasteiger partial charge in [-0.05, 0) is 38.0 Å². The van der Waals surface area contributed by atoms with Crippen molar-refractivity contribution in [1.82, 2.24) is 10.0 Å². The molecule has 0 bridgehead atoms. The minimum absolute atomic E-state index is 0.0803. The van der Waals surface area contributed by atoms with Crippen LogP contribution in [0.25, 0.3) is 0 Å². The lowest BCUT2D eigenvalue weighted by molar-refractivity contribution is -0.122. The van der Waals surface area contributed by atoms with Crippen molar-refractivity contribution >= 4 is 33.2 Å². The molecule has 1 aliphatic rings. The summed E-state index contributed by atoms with van der Waals surface area (Å²) in [5.41, 5.74) is 5.72. The summed E-state index contributed by atoms with van der Waals surface area (Å²) in [5, 5.41) is 2.99. The van der Waals surface area contributed by atoms with Crippen LogP contribution in [0.3, 0.4) is 0 Å². The molecule has 0 heterocycles. The van der Waals surface area contributed by atoms with Gasteiger partial charge in [-0.2, -0.15) is 4.72 Å². The maximum atomic E-state index is 12.2. The number of nitrogen functional groups attached to an aromatic ring is 1. The molecule has 4 N–H and O–H groups in total. The Labute approximate surface area is 122 Å². The summed E-state index contributed by atoms with van der Waals surface area (Å²) in [6.45, 7) is 1.48. The monoisotopic (exact) mass is 317 g/mol. The van der Waals surface area contributed by atoms with Gasteiger partial charge < -0.3 is 11.1 Å². The fraction of sp³-hybridized carbons (Fsp3) is 0.417. The summed E-state index contributed by atoms with van der Waals surface area (Å²) < 4.78 is 26.7. The van der Waals surface area contributed by atoms with Crippen molar-refractivity contribution in [3.8, 4) is 0 Å². The van der Waals surface area contributed by atoms with E-state index in [4.69, 9.17) is 17.3 Å². The van der Waals surface area contributed by atoms with Crippen LogP contribution in [0, 0.1) is 0 Å². The summed E-state index contributed by atoms with van der Waals surface area (Å²) in [4.78, 5) is 11.6. The Kier molecular flexibility index (Phi) is 4.22. The van der Waals surface area contributed by atoms with Gasteiger partial charge in [0.05, 0.1) is 11.7 Å². The third kappa shape index (κ3) is 3.62. The van der Waals surface area contributed by atoms with Crippen LogP contribution in [0.4, 0.5) is 5.69 Å². The zero-order valence-corrected chi connectivity index (χ0v) is 12.5. The Balaban J connectivity index is 2.13. The number of anilines is 1. The molecule has 0 radical (unpaired) electrons. The molecule has 1 amide bonds. The van der Waals surface area contributed by atoms with Crippen LogP contribution in [-0.2, 0) is 14.8 Å². The minimum Gasteiger partial charge on any atom is -0.398 e. The third-order valence-corrected chi connectivity index (χ3v) is 4.75. The standard InChI is InChI=1S/C12H16ClN3O3S/c1-7(12(17)15-9-3-4-9)16-20(18,19)11-6-8(13)2-5-10(11)14/h2,5-7,9,16H,3-4,14H2,1H3,(H,15,17). The maximum Gasteiger partial charge on any atom is 0.243 e. The van der Waals surface area contributed by atoms with Crippen LogP contribution >= 0.6 is 11.6 Å². The molecule has 0 aliphatic heterocycles. The molecule has 1 atom stereocenters. The van der Waals surface area contributed by atoms with Gasteiger partial charge in [0.15, 0.2) is 0 Å². The third-order valence-electron chi connectivity index (χ3n) is 2.91. The highest BCUT2D eigenvalue weighted by molar-refractivity contribution is 7.89. The van der Waals surface area contributed by atoms with Crippen molar-refractivity contribution in [1.29, 1.82) is 0 Å². The van der Waals surface area contributed by atoms with Crippen LogP contribution in [0.1, 0.15) is 19.8 Å². The van der Waals surface area contributed by atoms with E-state index in [9.17, 15) is 13.2 Å². The smallest absolute Gasteiger partial charge is 0.243 e. The second-order valence-electron chi connectivity index (χ2n) is 4.81. The van der Waals surface area contributed by atoms with Gasteiger partial charge in [0.2, 0.25) is 15.9 Å². The first kappa shape index (κ1) is 15.1. The zero-order valence-electron chi connectivity index (χ0n) is 10.9. The van der Waals surface area contributed by atoms with Crippen LogP contribution in [0.2, 0.25) is 5.02 Å². The largest absolute Gasteiger partial charge is 0.398 e. The number of hydrogen-bond donors (Lipinski definition) is 3. The first-order chi connectivity index (χ1) is 9.29. The average molecular weight is 318 g/mol. The number of carbonyl (C=O) groups excluding carboxylic acids is 1. The van der Waals surface area contributed by atoms with E-state index in [2.05, 4.69) is 10.0 Å². The summed E-state index contributed by atoms with van der Waals surface area (Å²) in [5.74, 6) is -0.350. The van der Waals surface area contributed by atoms with Crippen molar-refractivity contribution < 1.29 is 13.2 Å². The molecule has 110 valence electrons. The van der Waals surface area contributed by atoms with Crippen molar-refractivity contribution in [3.63, 3.8) is 0 Å². The number of nitrogens with two attached hydrogens (primary N) is 1. The lowest BCUT2D eigenvalue weighted by Gasteiger charge is -2.15. The van der Waals surface area contributed by atoms with Crippen molar-refractivity contribution in [2.45, 2.75) is 36.7 Å². The molecule has 1 aromatic rings. The minimum atomic E-state index is -3.89.